The Kier molecular flexibility index (Phi) is 2.28. The molecule has 1 aromatic rings. The van der Waals surface area contributed by atoms with Crippen LogP contribution in [0.3, 0.4) is 0 Å². The quantitative estimate of drug-likeness (QED) is 0.712. The van der Waals surface area contributed by atoms with Gasteiger partial charge in [0.15, 0.2) is 0 Å². The molecule has 0 amide bonds. The van der Waals surface area contributed by atoms with E-state index in [1.807, 2.05) is 6.07 Å². The lowest BCUT2D eigenvalue weighted by atomic mass is 9.71. The van der Waals surface area contributed by atoms with E-state index in [4.69, 9.17) is 0 Å². The van der Waals surface area contributed by atoms with Crippen LogP contribution >= 0.6 is 0 Å². The Hall–Kier alpha value is -0.890. The second-order valence-corrected chi connectivity index (χ2v) is 5.50. The standard InChI is InChI=1S/C14H17FO/c15-12-2-1-10-8-14(9-11(10)7-12)5-3-13(16)4-6-14/h1-2,7,13,16H,3-6,8-9H2. The summed E-state index contributed by atoms with van der Waals surface area (Å²) in [5.41, 5.74) is 2.84. The summed E-state index contributed by atoms with van der Waals surface area (Å²) >= 11 is 0. The van der Waals surface area contributed by atoms with E-state index in [0.717, 1.165) is 38.5 Å². The van der Waals surface area contributed by atoms with Crippen molar-refractivity contribution in [2.75, 3.05) is 0 Å². The van der Waals surface area contributed by atoms with Crippen molar-refractivity contribution in [1.29, 1.82) is 0 Å². The molecule has 0 aliphatic heterocycles. The summed E-state index contributed by atoms with van der Waals surface area (Å²) in [7, 11) is 0. The van der Waals surface area contributed by atoms with Gasteiger partial charge in [-0.2, -0.15) is 0 Å². The Labute approximate surface area is 95.3 Å². The van der Waals surface area contributed by atoms with E-state index in [1.54, 1.807) is 12.1 Å². The van der Waals surface area contributed by atoms with E-state index in [-0.39, 0.29) is 11.9 Å². The van der Waals surface area contributed by atoms with Crippen LogP contribution in [0.15, 0.2) is 18.2 Å². The maximum atomic E-state index is 13.1. The monoisotopic (exact) mass is 220 g/mol. The van der Waals surface area contributed by atoms with Crippen LogP contribution in [0, 0.1) is 11.2 Å². The Morgan fingerprint density at radius 1 is 1.12 bits per heavy atom. The Morgan fingerprint density at radius 3 is 2.56 bits per heavy atom. The van der Waals surface area contributed by atoms with Crippen molar-refractivity contribution in [3.63, 3.8) is 0 Å². The van der Waals surface area contributed by atoms with Crippen LogP contribution in [-0.2, 0) is 12.8 Å². The van der Waals surface area contributed by atoms with E-state index in [1.165, 1.54) is 11.1 Å². The average Bonchev–Trinajstić information content (AvgIpc) is 2.60. The number of fused-ring (bicyclic) bond motifs is 1. The van der Waals surface area contributed by atoms with Gasteiger partial charge in [0.1, 0.15) is 5.82 Å². The van der Waals surface area contributed by atoms with Crippen LogP contribution in [0.1, 0.15) is 36.8 Å². The van der Waals surface area contributed by atoms with Crippen molar-refractivity contribution in [1.82, 2.24) is 0 Å². The van der Waals surface area contributed by atoms with Crippen LogP contribution < -0.4 is 0 Å². The first kappa shape index (κ1) is 10.3. The van der Waals surface area contributed by atoms with Crippen molar-refractivity contribution >= 4 is 0 Å². The summed E-state index contributed by atoms with van der Waals surface area (Å²) in [5, 5.41) is 9.55. The lowest BCUT2D eigenvalue weighted by Crippen LogP contribution is -2.30. The predicted molar refractivity (Wildman–Crippen MR) is 60.7 cm³/mol. The van der Waals surface area contributed by atoms with E-state index in [9.17, 15) is 9.50 Å². The van der Waals surface area contributed by atoms with Gasteiger partial charge in [-0.25, -0.2) is 4.39 Å². The first-order chi connectivity index (χ1) is 7.67. The zero-order valence-electron chi connectivity index (χ0n) is 9.38. The molecule has 0 saturated heterocycles. The van der Waals surface area contributed by atoms with E-state index >= 15 is 0 Å². The van der Waals surface area contributed by atoms with Gasteiger partial charge in [0.2, 0.25) is 0 Å². The zero-order valence-corrected chi connectivity index (χ0v) is 9.38. The summed E-state index contributed by atoms with van der Waals surface area (Å²) in [6.07, 6.45) is 5.98. The third-order valence-electron chi connectivity index (χ3n) is 4.31. The molecule has 0 atom stereocenters. The molecule has 3 rings (SSSR count). The maximum absolute atomic E-state index is 13.1. The van der Waals surface area contributed by atoms with E-state index < -0.39 is 0 Å². The topological polar surface area (TPSA) is 20.2 Å². The van der Waals surface area contributed by atoms with Gasteiger partial charge in [-0.05, 0) is 67.2 Å². The van der Waals surface area contributed by atoms with Crippen molar-refractivity contribution in [3.05, 3.63) is 35.1 Å². The van der Waals surface area contributed by atoms with Crippen LogP contribution in [0.5, 0.6) is 0 Å². The number of hydrogen-bond donors (Lipinski definition) is 1. The minimum atomic E-state index is -0.119. The van der Waals surface area contributed by atoms with Gasteiger partial charge < -0.3 is 5.11 Å². The van der Waals surface area contributed by atoms with Crippen LogP contribution in [-0.4, -0.2) is 11.2 Å². The number of halogens is 1. The van der Waals surface area contributed by atoms with Gasteiger partial charge >= 0.3 is 0 Å². The molecule has 1 N–H and O–H groups in total. The molecule has 0 aromatic heterocycles. The molecule has 1 aromatic carbocycles. The smallest absolute Gasteiger partial charge is 0.123 e. The first-order valence-corrected chi connectivity index (χ1v) is 6.12. The van der Waals surface area contributed by atoms with E-state index in [2.05, 4.69) is 0 Å². The molecule has 0 unspecified atom stereocenters. The normalized spacial score (nSPS) is 33.0. The summed E-state index contributed by atoms with van der Waals surface area (Å²) < 4.78 is 13.1. The number of benzene rings is 1. The van der Waals surface area contributed by atoms with Crippen LogP contribution in [0.4, 0.5) is 4.39 Å². The number of hydrogen-bond acceptors (Lipinski definition) is 1. The molecule has 2 heteroatoms. The van der Waals surface area contributed by atoms with Crippen LogP contribution in [0.25, 0.3) is 0 Å². The molecule has 1 spiro atoms. The second kappa shape index (κ2) is 3.56. The molecule has 1 saturated carbocycles. The molecule has 1 fully saturated rings. The van der Waals surface area contributed by atoms with Gasteiger partial charge in [0, 0.05) is 0 Å². The lowest BCUT2D eigenvalue weighted by Gasteiger charge is -2.35. The number of rotatable bonds is 0. The molecule has 86 valence electrons. The molecular formula is C14H17FO. The third kappa shape index (κ3) is 1.65. The molecular weight excluding hydrogens is 203 g/mol. The number of aliphatic hydroxyl groups is 1. The van der Waals surface area contributed by atoms with Gasteiger partial charge in [0.25, 0.3) is 0 Å². The van der Waals surface area contributed by atoms with Gasteiger partial charge in [-0.1, -0.05) is 6.07 Å². The SMILES string of the molecule is OC1CCC2(CC1)Cc1ccc(F)cc1C2. The Morgan fingerprint density at radius 2 is 1.81 bits per heavy atom. The minimum absolute atomic E-state index is 0.105. The van der Waals surface area contributed by atoms with Gasteiger partial charge in [0.05, 0.1) is 6.10 Å². The summed E-state index contributed by atoms with van der Waals surface area (Å²) in [4.78, 5) is 0. The highest BCUT2D eigenvalue weighted by molar-refractivity contribution is 5.35. The average molecular weight is 220 g/mol. The summed E-state index contributed by atoms with van der Waals surface area (Å²) in [6, 6.07) is 5.19. The summed E-state index contributed by atoms with van der Waals surface area (Å²) in [6.45, 7) is 0. The van der Waals surface area contributed by atoms with Crippen molar-refractivity contribution in [3.8, 4) is 0 Å². The fourth-order valence-corrected chi connectivity index (χ4v) is 3.37. The third-order valence-corrected chi connectivity index (χ3v) is 4.31. The van der Waals surface area contributed by atoms with Crippen LogP contribution in [0.2, 0.25) is 0 Å². The Bertz CT molecular complexity index is 405. The van der Waals surface area contributed by atoms with Crippen molar-refractivity contribution in [2.45, 2.75) is 44.6 Å². The number of aliphatic hydroxyl groups excluding tert-OH is 1. The van der Waals surface area contributed by atoms with E-state index in [0.29, 0.717) is 5.41 Å². The Balaban J connectivity index is 1.84. The molecule has 0 bridgehead atoms. The largest absolute Gasteiger partial charge is 0.393 e. The van der Waals surface area contributed by atoms with Gasteiger partial charge in [-0.3, -0.25) is 0 Å². The molecule has 2 aliphatic rings. The minimum Gasteiger partial charge on any atom is -0.393 e. The van der Waals surface area contributed by atoms with Gasteiger partial charge in [-0.15, -0.1) is 0 Å². The van der Waals surface area contributed by atoms with Crippen molar-refractivity contribution < 1.29 is 9.50 Å². The highest BCUT2D eigenvalue weighted by Gasteiger charge is 2.39. The highest BCUT2D eigenvalue weighted by Crippen LogP contribution is 2.47. The predicted octanol–water partition coefficient (Wildman–Crippen LogP) is 2.85. The van der Waals surface area contributed by atoms with Crippen molar-refractivity contribution in [2.24, 2.45) is 5.41 Å². The molecule has 1 nitrogen and oxygen atoms in total. The lowest BCUT2D eigenvalue weighted by molar-refractivity contribution is 0.0675. The highest BCUT2D eigenvalue weighted by atomic mass is 19.1. The maximum Gasteiger partial charge on any atom is 0.123 e. The molecule has 0 radical (unpaired) electrons. The summed E-state index contributed by atoms with van der Waals surface area (Å²) in [5.74, 6) is -0.119. The zero-order chi connectivity index (χ0) is 11.2. The molecule has 16 heavy (non-hydrogen) atoms. The second-order valence-electron chi connectivity index (χ2n) is 5.50. The molecule has 2 aliphatic carbocycles. The molecule has 0 heterocycles. The fourth-order valence-electron chi connectivity index (χ4n) is 3.37. The fraction of sp³-hybridized carbons (Fsp3) is 0.571. The first-order valence-electron chi connectivity index (χ1n) is 6.12.